The van der Waals surface area contributed by atoms with E-state index in [1.54, 1.807) is 36.5 Å². The molecule has 0 aliphatic rings. The molecule has 0 bridgehead atoms. The Kier molecular flexibility index (Phi) is 4.95. The fourth-order valence-corrected chi connectivity index (χ4v) is 2.77. The lowest BCUT2D eigenvalue weighted by atomic mass is 10.1. The summed E-state index contributed by atoms with van der Waals surface area (Å²) in [4.78, 5) is 30.3. The van der Waals surface area contributed by atoms with Crippen molar-refractivity contribution in [1.82, 2.24) is 4.98 Å². The summed E-state index contributed by atoms with van der Waals surface area (Å²) in [7, 11) is 0. The van der Waals surface area contributed by atoms with Crippen LogP contribution in [0.3, 0.4) is 0 Å². The molecule has 0 unspecified atom stereocenters. The molecule has 0 aliphatic carbocycles. The second-order valence-corrected chi connectivity index (χ2v) is 5.95. The second-order valence-electron chi connectivity index (χ2n) is 5.52. The standard InChI is InChI=1S/C19H16ClN3O2/c1-13(24)23(12-18(25)22-16-8-3-7-15(20)11-16)17-9-2-5-14-6-4-10-21-19(14)17/h2-11H,12H2,1H3,(H,22,25). The molecule has 0 saturated carbocycles. The number of amides is 2. The highest BCUT2D eigenvalue weighted by molar-refractivity contribution is 6.30. The van der Waals surface area contributed by atoms with Crippen molar-refractivity contribution >= 4 is 45.7 Å². The highest BCUT2D eigenvalue weighted by Crippen LogP contribution is 2.25. The number of hydrogen-bond acceptors (Lipinski definition) is 3. The lowest BCUT2D eigenvalue weighted by molar-refractivity contribution is -0.120. The van der Waals surface area contributed by atoms with Crippen LogP contribution in [0.5, 0.6) is 0 Å². The Morgan fingerprint density at radius 3 is 2.64 bits per heavy atom. The molecule has 0 aliphatic heterocycles. The number of anilines is 2. The van der Waals surface area contributed by atoms with E-state index in [0.29, 0.717) is 21.9 Å². The van der Waals surface area contributed by atoms with E-state index in [1.807, 2.05) is 24.3 Å². The van der Waals surface area contributed by atoms with E-state index in [9.17, 15) is 9.59 Å². The topological polar surface area (TPSA) is 62.3 Å². The van der Waals surface area contributed by atoms with Gasteiger partial charge in [0.2, 0.25) is 11.8 Å². The van der Waals surface area contributed by atoms with Crippen molar-refractivity contribution in [2.75, 3.05) is 16.8 Å². The fourth-order valence-electron chi connectivity index (χ4n) is 2.58. The van der Waals surface area contributed by atoms with E-state index >= 15 is 0 Å². The first-order chi connectivity index (χ1) is 12.0. The third-order valence-electron chi connectivity index (χ3n) is 3.69. The number of benzene rings is 2. The predicted octanol–water partition coefficient (Wildman–Crippen LogP) is 3.88. The number of carbonyl (C=O) groups is 2. The molecule has 2 aromatic carbocycles. The SMILES string of the molecule is CC(=O)N(CC(=O)Nc1cccc(Cl)c1)c1cccc2cccnc12. The summed E-state index contributed by atoms with van der Waals surface area (Å²) in [5.41, 5.74) is 1.86. The largest absolute Gasteiger partial charge is 0.324 e. The lowest BCUT2D eigenvalue weighted by Crippen LogP contribution is -2.36. The number of aromatic nitrogens is 1. The van der Waals surface area contributed by atoms with Crippen LogP contribution in [0.15, 0.2) is 60.8 Å². The molecular weight excluding hydrogens is 338 g/mol. The normalized spacial score (nSPS) is 10.5. The molecule has 25 heavy (non-hydrogen) atoms. The first-order valence-electron chi connectivity index (χ1n) is 7.72. The zero-order valence-electron chi connectivity index (χ0n) is 13.6. The van der Waals surface area contributed by atoms with Crippen LogP contribution in [-0.4, -0.2) is 23.3 Å². The van der Waals surface area contributed by atoms with Crippen LogP contribution < -0.4 is 10.2 Å². The van der Waals surface area contributed by atoms with Crippen LogP contribution in [0.25, 0.3) is 10.9 Å². The summed E-state index contributed by atoms with van der Waals surface area (Å²) in [6.45, 7) is 1.31. The van der Waals surface area contributed by atoms with Crippen molar-refractivity contribution in [3.05, 3.63) is 65.8 Å². The van der Waals surface area contributed by atoms with E-state index in [-0.39, 0.29) is 18.4 Å². The summed E-state index contributed by atoms with van der Waals surface area (Å²) < 4.78 is 0. The van der Waals surface area contributed by atoms with Crippen LogP contribution in [0.1, 0.15) is 6.92 Å². The van der Waals surface area contributed by atoms with E-state index in [1.165, 1.54) is 11.8 Å². The minimum atomic E-state index is -0.314. The number of rotatable bonds is 4. The molecule has 0 saturated heterocycles. The summed E-state index contributed by atoms with van der Waals surface area (Å²) in [6.07, 6.45) is 1.66. The van der Waals surface area contributed by atoms with Gasteiger partial charge >= 0.3 is 0 Å². The quantitative estimate of drug-likeness (QED) is 0.774. The van der Waals surface area contributed by atoms with Gasteiger partial charge in [0.05, 0.1) is 11.2 Å². The third kappa shape index (κ3) is 3.95. The average molecular weight is 354 g/mol. The maximum absolute atomic E-state index is 12.4. The molecule has 1 heterocycles. The van der Waals surface area contributed by atoms with Crippen molar-refractivity contribution in [3.63, 3.8) is 0 Å². The Hall–Kier alpha value is -2.92. The molecule has 3 rings (SSSR count). The van der Waals surface area contributed by atoms with Gasteiger partial charge < -0.3 is 10.2 Å². The molecule has 2 amide bonds. The molecule has 5 nitrogen and oxygen atoms in total. The van der Waals surface area contributed by atoms with Gasteiger partial charge in [-0.15, -0.1) is 0 Å². The number of hydrogen-bond donors (Lipinski definition) is 1. The molecule has 0 atom stereocenters. The average Bonchev–Trinajstić information content (AvgIpc) is 2.59. The third-order valence-corrected chi connectivity index (χ3v) is 3.93. The minimum Gasteiger partial charge on any atom is -0.324 e. The van der Waals surface area contributed by atoms with Crippen molar-refractivity contribution in [3.8, 4) is 0 Å². The van der Waals surface area contributed by atoms with Crippen LogP contribution >= 0.6 is 11.6 Å². The van der Waals surface area contributed by atoms with Crippen LogP contribution in [-0.2, 0) is 9.59 Å². The van der Waals surface area contributed by atoms with Gasteiger partial charge in [-0.1, -0.05) is 35.9 Å². The second kappa shape index (κ2) is 7.32. The van der Waals surface area contributed by atoms with Gasteiger partial charge in [0, 0.05) is 29.2 Å². The Balaban J connectivity index is 1.86. The van der Waals surface area contributed by atoms with Gasteiger partial charge in [0.25, 0.3) is 0 Å². The molecule has 126 valence electrons. The highest BCUT2D eigenvalue weighted by Gasteiger charge is 2.18. The first-order valence-corrected chi connectivity index (χ1v) is 8.09. The number of halogens is 1. The molecule has 3 aromatic rings. The maximum atomic E-state index is 12.4. The minimum absolute atomic E-state index is 0.114. The molecule has 0 fully saturated rings. The van der Waals surface area contributed by atoms with E-state index < -0.39 is 0 Å². The van der Waals surface area contributed by atoms with Crippen molar-refractivity contribution in [2.24, 2.45) is 0 Å². The molecule has 1 N–H and O–H groups in total. The predicted molar refractivity (Wildman–Crippen MR) is 99.9 cm³/mol. The number of nitrogens with one attached hydrogen (secondary N) is 1. The number of fused-ring (bicyclic) bond motifs is 1. The van der Waals surface area contributed by atoms with E-state index in [2.05, 4.69) is 10.3 Å². The number of pyridine rings is 1. The molecular formula is C19H16ClN3O2. The smallest absolute Gasteiger partial charge is 0.244 e. The summed E-state index contributed by atoms with van der Waals surface area (Å²) >= 11 is 5.92. The Labute approximate surface area is 150 Å². The monoisotopic (exact) mass is 353 g/mol. The summed E-state index contributed by atoms with van der Waals surface area (Å²) in [5.74, 6) is -0.551. The van der Waals surface area contributed by atoms with Gasteiger partial charge in [-0.25, -0.2) is 0 Å². The highest BCUT2D eigenvalue weighted by atomic mass is 35.5. The Morgan fingerprint density at radius 1 is 1.12 bits per heavy atom. The van der Waals surface area contributed by atoms with Gasteiger partial charge in [0.15, 0.2) is 0 Å². The number of carbonyl (C=O) groups excluding carboxylic acids is 2. The van der Waals surface area contributed by atoms with Crippen molar-refractivity contribution in [2.45, 2.75) is 6.92 Å². The number of nitrogens with zero attached hydrogens (tertiary/aromatic N) is 2. The zero-order chi connectivity index (χ0) is 17.8. The molecule has 0 spiro atoms. The van der Waals surface area contributed by atoms with Gasteiger partial charge in [-0.3, -0.25) is 14.6 Å². The van der Waals surface area contributed by atoms with Crippen molar-refractivity contribution < 1.29 is 9.59 Å². The van der Waals surface area contributed by atoms with Gasteiger partial charge in [-0.05, 0) is 30.3 Å². The molecule has 1 aromatic heterocycles. The molecule has 0 radical (unpaired) electrons. The van der Waals surface area contributed by atoms with E-state index in [0.717, 1.165) is 5.39 Å². The maximum Gasteiger partial charge on any atom is 0.244 e. The number of para-hydroxylation sites is 1. The van der Waals surface area contributed by atoms with Crippen LogP contribution in [0, 0.1) is 0 Å². The van der Waals surface area contributed by atoms with Gasteiger partial charge in [0.1, 0.15) is 6.54 Å². The van der Waals surface area contributed by atoms with Gasteiger partial charge in [-0.2, -0.15) is 0 Å². The Morgan fingerprint density at radius 2 is 1.88 bits per heavy atom. The summed E-state index contributed by atoms with van der Waals surface area (Å²) in [6, 6.07) is 16.1. The lowest BCUT2D eigenvalue weighted by Gasteiger charge is -2.22. The fraction of sp³-hybridized carbons (Fsp3) is 0.105. The van der Waals surface area contributed by atoms with Crippen LogP contribution in [0.4, 0.5) is 11.4 Å². The Bertz CT molecular complexity index is 937. The zero-order valence-corrected chi connectivity index (χ0v) is 14.3. The van der Waals surface area contributed by atoms with Crippen LogP contribution in [0.2, 0.25) is 5.02 Å². The van der Waals surface area contributed by atoms with E-state index in [4.69, 9.17) is 11.6 Å². The first kappa shape index (κ1) is 16.9. The van der Waals surface area contributed by atoms with Crippen molar-refractivity contribution in [1.29, 1.82) is 0 Å². The molecule has 6 heteroatoms. The summed E-state index contributed by atoms with van der Waals surface area (Å²) in [5, 5.41) is 4.18.